The third-order valence-corrected chi connectivity index (χ3v) is 1.61. The fraction of sp³-hybridized carbons (Fsp3) is 0.889. The van der Waals surface area contributed by atoms with E-state index in [-0.39, 0.29) is 18.4 Å². The lowest BCUT2D eigenvalue weighted by atomic mass is 10.2. The fourth-order valence-electron chi connectivity index (χ4n) is 0.833. The van der Waals surface area contributed by atoms with E-state index >= 15 is 0 Å². The maximum atomic E-state index is 10.8. The molecule has 0 rings (SSSR count). The number of ether oxygens (including phenoxy) is 1. The van der Waals surface area contributed by atoms with Crippen molar-refractivity contribution >= 4 is 18.4 Å². The molecule has 0 aromatic carbocycles. The van der Waals surface area contributed by atoms with E-state index in [0.717, 1.165) is 12.8 Å². The number of halogens is 1. The number of rotatable bonds is 6. The van der Waals surface area contributed by atoms with Gasteiger partial charge in [-0.15, -0.1) is 12.4 Å². The molecule has 0 radical (unpaired) electrons. The second-order valence-electron chi connectivity index (χ2n) is 3.02. The van der Waals surface area contributed by atoms with Crippen LogP contribution in [0.2, 0.25) is 0 Å². The van der Waals surface area contributed by atoms with Crippen molar-refractivity contribution < 1.29 is 9.53 Å². The van der Waals surface area contributed by atoms with E-state index in [2.05, 4.69) is 6.92 Å². The van der Waals surface area contributed by atoms with Gasteiger partial charge in [0.1, 0.15) is 6.04 Å². The number of hydrogen-bond acceptors (Lipinski definition) is 3. The molecule has 0 aliphatic rings. The van der Waals surface area contributed by atoms with E-state index in [4.69, 9.17) is 10.5 Å². The molecule has 13 heavy (non-hydrogen) atoms. The van der Waals surface area contributed by atoms with Crippen molar-refractivity contribution in [3.63, 3.8) is 0 Å². The Balaban J connectivity index is 0. The van der Waals surface area contributed by atoms with Crippen molar-refractivity contribution in [3.8, 4) is 0 Å². The molecule has 0 bridgehead atoms. The van der Waals surface area contributed by atoms with Crippen molar-refractivity contribution in [2.45, 2.75) is 45.6 Å². The third kappa shape index (κ3) is 9.64. The molecule has 1 atom stereocenters. The molecule has 0 spiro atoms. The van der Waals surface area contributed by atoms with Crippen LogP contribution in [0.5, 0.6) is 0 Å². The zero-order valence-electron chi connectivity index (χ0n) is 8.41. The molecule has 0 heterocycles. The second kappa shape index (κ2) is 9.81. The Morgan fingerprint density at radius 3 is 2.46 bits per heavy atom. The Morgan fingerprint density at radius 1 is 1.38 bits per heavy atom. The smallest absolute Gasteiger partial charge is 0.322 e. The molecule has 0 saturated carbocycles. The van der Waals surface area contributed by atoms with Crippen molar-refractivity contribution in [3.05, 3.63) is 0 Å². The van der Waals surface area contributed by atoms with Gasteiger partial charge < -0.3 is 10.5 Å². The third-order valence-electron chi connectivity index (χ3n) is 1.61. The van der Waals surface area contributed by atoms with Crippen molar-refractivity contribution in [2.75, 3.05) is 6.61 Å². The first-order valence-electron chi connectivity index (χ1n) is 4.60. The van der Waals surface area contributed by atoms with E-state index in [1.165, 1.54) is 12.8 Å². The molecule has 0 unspecified atom stereocenters. The summed E-state index contributed by atoms with van der Waals surface area (Å²) in [6, 6.07) is -0.490. The van der Waals surface area contributed by atoms with Gasteiger partial charge in [-0.05, 0) is 13.3 Å². The zero-order valence-corrected chi connectivity index (χ0v) is 9.23. The molecule has 0 aliphatic carbocycles. The van der Waals surface area contributed by atoms with E-state index in [0.29, 0.717) is 6.61 Å². The minimum absolute atomic E-state index is 0. The average Bonchev–Trinajstić information content (AvgIpc) is 2.03. The van der Waals surface area contributed by atoms with Crippen LogP contribution in [0.3, 0.4) is 0 Å². The normalized spacial score (nSPS) is 11.6. The zero-order chi connectivity index (χ0) is 9.40. The van der Waals surface area contributed by atoms with Crippen LogP contribution < -0.4 is 5.73 Å². The number of nitrogens with two attached hydrogens (primary N) is 1. The van der Waals surface area contributed by atoms with Crippen molar-refractivity contribution in [1.82, 2.24) is 0 Å². The molecule has 0 aromatic rings. The number of carbonyl (C=O) groups is 1. The topological polar surface area (TPSA) is 52.3 Å². The summed E-state index contributed by atoms with van der Waals surface area (Å²) < 4.78 is 4.89. The summed E-state index contributed by atoms with van der Waals surface area (Å²) in [5.41, 5.74) is 5.30. The summed E-state index contributed by atoms with van der Waals surface area (Å²) in [7, 11) is 0. The maximum absolute atomic E-state index is 10.8. The first kappa shape index (κ1) is 15.2. The van der Waals surface area contributed by atoms with Gasteiger partial charge in [0, 0.05) is 0 Å². The summed E-state index contributed by atoms with van der Waals surface area (Å²) in [6.45, 7) is 4.29. The Bertz CT molecular complexity index is 129. The van der Waals surface area contributed by atoms with Crippen LogP contribution in [0.4, 0.5) is 0 Å². The molecule has 2 N–H and O–H groups in total. The van der Waals surface area contributed by atoms with E-state index in [9.17, 15) is 4.79 Å². The predicted molar refractivity (Wildman–Crippen MR) is 56.0 cm³/mol. The van der Waals surface area contributed by atoms with Gasteiger partial charge in [0.25, 0.3) is 0 Å². The Hall–Kier alpha value is -0.280. The second-order valence-corrected chi connectivity index (χ2v) is 3.02. The fourth-order valence-corrected chi connectivity index (χ4v) is 0.833. The Kier molecular flexibility index (Phi) is 11.5. The van der Waals surface area contributed by atoms with Crippen LogP contribution >= 0.6 is 12.4 Å². The lowest BCUT2D eigenvalue weighted by Gasteiger charge is -2.06. The Morgan fingerprint density at radius 2 is 2.00 bits per heavy atom. The van der Waals surface area contributed by atoms with Crippen LogP contribution in [0.25, 0.3) is 0 Å². The van der Waals surface area contributed by atoms with Gasteiger partial charge >= 0.3 is 5.97 Å². The lowest BCUT2D eigenvalue weighted by molar-refractivity contribution is -0.144. The molecule has 3 nitrogen and oxygen atoms in total. The van der Waals surface area contributed by atoms with Crippen LogP contribution in [0.15, 0.2) is 0 Å². The highest BCUT2D eigenvalue weighted by atomic mass is 35.5. The van der Waals surface area contributed by atoms with Gasteiger partial charge in [-0.3, -0.25) is 4.79 Å². The SMILES string of the molecule is CCCCCCOC(=O)[C@@H](C)N.Cl. The molecular weight excluding hydrogens is 190 g/mol. The molecule has 0 saturated heterocycles. The summed E-state index contributed by atoms with van der Waals surface area (Å²) in [5.74, 6) is -0.300. The number of unbranched alkanes of at least 4 members (excludes halogenated alkanes) is 3. The average molecular weight is 210 g/mol. The molecule has 0 amide bonds. The number of carbonyl (C=O) groups excluding carboxylic acids is 1. The largest absolute Gasteiger partial charge is 0.465 e. The van der Waals surface area contributed by atoms with Crippen LogP contribution in [-0.2, 0) is 9.53 Å². The quantitative estimate of drug-likeness (QED) is 0.537. The summed E-state index contributed by atoms with van der Waals surface area (Å²) >= 11 is 0. The van der Waals surface area contributed by atoms with Crippen LogP contribution in [0, 0.1) is 0 Å². The molecule has 80 valence electrons. The molecule has 4 heteroatoms. The molecule has 0 fully saturated rings. The van der Waals surface area contributed by atoms with E-state index in [1.54, 1.807) is 6.92 Å². The van der Waals surface area contributed by atoms with Crippen LogP contribution in [0.1, 0.15) is 39.5 Å². The van der Waals surface area contributed by atoms with Gasteiger partial charge in [-0.2, -0.15) is 0 Å². The number of esters is 1. The molecule has 0 aliphatic heterocycles. The highest BCUT2D eigenvalue weighted by Crippen LogP contribution is 1.99. The first-order valence-corrected chi connectivity index (χ1v) is 4.60. The van der Waals surface area contributed by atoms with Crippen molar-refractivity contribution in [1.29, 1.82) is 0 Å². The standard InChI is InChI=1S/C9H19NO2.ClH/c1-3-4-5-6-7-12-9(11)8(2)10;/h8H,3-7,10H2,1-2H3;1H/t8-;/m1./s1. The predicted octanol–water partition coefficient (Wildman–Crippen LogP) is 1.88. The number of hydrogen-bond donors (Lipinski definition) is 1. The van der Waals surface area contributed by atoms with Crippen LogP contribution in [-0.4, -0.2) is 18.6 Å². The van der Waals surface area contributed by atoms with Gasteiger partial charge in [-0.25, -0.2) is 0 Å². The minimum atomic E-state index is -0.490. The highest BCUT2D eigenvalue weighted by Gasteiger charge is 2.07. The van der Waals surface area contributed by atoms with Gasteiger partial charge in [-0.1, -0.05) is 26.2 Å². The highest BCUT2D eigenvalue weighted by molar-refractivity contribution is 5.85. The van der Waals surface area contributed by atoms with E-state index in [1.807, 2.05) is 0 Å². The minimum Gasteiger partial charge on any atom is -0.465 e. The Labute approximate surface area is 86.4 Å². The monoisotopic (exact) mass is 209 g/mol. The summed E-state index contributed by atoms with van der Waals surface area (Å²) in [6.07, 6.45) is 4.48. The maximum Gasteiger partial charge on any atom is 0.322 e. The summed E-state index contributed by atoms with van der Waals surface area (Å²) in [4.78, 5) is 10.8. The van der Waals surface area contributed by atoms with E-state index < -0.39 is 6.04 Å². The lowest BCUT2D eigenvalue weighted by Crippen LogP contribution is -2.28. The first-order chi connectivity index (χ1) is 5.68. The van der Waals surface area contributed by atoms with Gasteiger partial charge in [0.2, 0.25) is 0 Å². The molecule has 0 aromatic heterocycles. The van der Waals surface area contributed by atoms with Crippen molar-refractivity contribution in [2.24, 2.45) is 5.73 Å². The summed E-state index contributed by atoms with van der Waals surface area (Å²) in [5, 5.41) is 0. The van der Waals surface area contributed by atoms with Gasteiger partial charge in [0.15, 0.2) is 0 Å². The van der Waals surface area contributed by atoms with Gasteiger partial charge in [0.05, 0.1) is 6.61 Å². The molecular formula is C9H20ClNO2.